The zero-order valence-corrected chi connectivity index (χ0v) is 17.2. The molecule has 1 aliphatic rings. The summed E-state index contributed by atoms with van der Waals surface area (Å²) in [6.07, 6.45) is 0.735. The van der Waals surface area contributed by atoms with Crippen molar-refractivity contribution >= 4 is 38.9 Å². The minimum Gasteiger partial charge on any atom is -0.326 e. The lowest BCUT2D eigenvalue weighted by molar-refractivity contribution is -0.385. The number of piperidine rings is 1. The number of rotatable bonds is 5. The van der Waals surface area contributed by atoms with Crippen molar-refractivity contribution < 1.29 is 18.1 Å². The van der Waals surface area contributed by atoms with Crippen LogP contribution < -0.4 is 5.32 Å². The predicted molar refractivity (Wildman–Crippen MR) is 109 cm³/mol. The Balaban J connectivity index is 1.68. The second-order valence-corrected chi connectivity index (χ2v) is 9.22. The number of carbonyl (C=O) groups is 1. The smallest absolute Gasteiger partial charge is 0.270 e. The number of aryl methyl sites for hydroxylation is 1. The molecule has 1 fully saturated rings. The highest BCUT2D eigenvalue weighted by atomic mass is 35.5. The van der Waals surface area contributed by atoms with Crippen molar-refractivity contribution in [2.75, 3.05) is 18.4 Å². The van der Waals surface area contributed by atoms with Gasteiger partial charge in [-0.1, -0.05) is 17.7 Å². The first-order valence-electron chi connectivity index (χ1n) is 9.00. The van der Waals surface area contributed by atoms with E-state index in [1.807, 2.05) is 0 Å². The van der Waals surface area contributed by atoms with E-state index in [1.54, 1.807) is 31.2 Å². The molecule has 1 saturated heterocycles. The number of carbonyl (C=O) groups excluding carboxylic acids is 1. The molecular weight excluding hydrogens is 418 g/mol. The maximum Gasteiger partial charge on any atom is 0.270 e. The molecule has 2 aromatic rings. The van der Waals surface area contributed by atoms with Crippen LogP contribution >= 0.6 is 11.6 Å². The van der Waals surface area contributed by atoms with Gasteiger partial charge in [0.1, 0.15) is 0 Å². The minimum atomic E-state index is -3.88. The van der Waals surface area contributed by atoms with Crippen LogP contribution in [0.15, 0.2) is 47.4 Å². The van der Waals surface area contributed by atoms with Crippen LogP contribution in [0.4, 0.5) is 11.4 Å². The third-order valence-electron chi connectivity index (χ3n) is 4.94. The van der Waals surface area contributed by atoms with Crippen molar-refractivity contribution in [2.45, 2.75) is 24.7 Å². The Hall–Kier alpha value is -2.49. The summed E-state index contributed by atoms with van der Waals surface area (Å²) in [5, 5.41) is 14.4. The van der Waals surface area contributed by atoms with E-state index in [1.165, 1.54) is 16.4 Å². The summed E-state index contributed by atoms with van der Waals surface area (Å²) in [6.45, 7) is 1.94. The van der Waals surface area contributed by atoms with E-state index in [2.05, 4.69) is 5.32 Å². The van der Waals surface area contributed by atoms with Gasteiger partial charge in [0, 0.05) is 41.9 Å². The van der Waals surface area contributed by atoms with Crippen LogP contribution in [-0.4, -0.2) is 36.6 Å². The third kappa shape index (κ3) is 4.75. The average Bonchev–Trinajstić information content (AvgIpc) is 2.69. The molecule has 3 rings (SSSR count). The largest absolute Gasteiger partial charge is 0.326 e. The predicted octanol–water partition coefficient (Wildman–Crippen LogP) is 3.60. The molecule has 0 aromatic heterocycles. The quantitative estimate of drug-likeness (QED) is 0.567. The number of halogens is 1. The summed E-state index contributed by atoms with van der Waals surface area (Å²) in [6, 6.07) is 10.5. The number of amides is 1. The van der Waals surface area contributed by atoms with Gasteiger partial charge in [-0.2, -0.15) is 4.31 Å². The van der Waals surface area contributed by atoms with E-state index in [4.69, 9.17) is 11.6 Å². The number of anilines is 1. The molecule has 0 atom stereocenters. The van der Waals surface area contributed by atoms with Crippen molar-refractivity contribution in [1.29, 1.82) is 0 Å². The van der Waals surface area contributed by atoms with Crippen LogP contribution in [0.25, 0.3) is 0 Å². The lowest BCUT2D eigenvalue weighted by Gasteiger charge is -2.30. The Kier molecular flexibility index (Phi) is 6.21. The zero-order chi connectivity index (χ0) is 21.2. The van der Waals surface area contributed by atoms with Crippen molar-refractivity contribution in [3.05, 3.63) is 63.2 Å². The fourth-order valence-corrected chi connectivity index (χ4v) is 5.10. The summed E-state index contributed by atoms with van der Waals surface area (Å²) in [4.78, 5) is 22.8. The lowest BCUT2D eigenvalue weighted by Crippen LogP contribution is -2.41. The van der Waals surface area contributed by atoms with Gasteiger partial charge in [0.2, 0.25) is 15.9 Å². The van der Waals surface area contributed by atoms with Gasteiger partial charge in [-0.15, -0.1) is 0 Å². The third-order valence-corrected chi connectivity index (χ3v) is 7.23. The topological polar surface area (TPSA) is 110 Å². The molecular formula is C19H20ClN3O5S. The number of nitrogens with zero attached hydrogens (tertiary/aromatic N) is 2. The molecule has 0 bridgehead atoms. The number of nitro benzene ring substituents is 1. The molecule has 29 heavy (non-hydrogen) atoms. The number of nitro groups is 1. The zero-order valence-electron chi connectivity index (χ0n) is 15.7. The van der Waals surface area contributed by atoms with Crippen LogP contribution in [0.5, 0.6) is 0 Å². The SMILES string of the molecule is Cc1ccc([N+](=O)[O-])cc1S(=O)(=O)N1CCC(C(=O)Nc2ccc(Cl)cc2)CC1. The van der Waals surface area contributed by atoms with E-state index in [-0.39, 0.29) is 35.5 Å². The summed E-state index contributed by atoms with van der Waals surface area (Å²) < 4.78 is 27.2. The number of non-ortho nitro benzene ring substituents is 1. The second-order valence-electron chi connectivity index (χ2n) is 6.88. The normalized spacial score (nSPS) is 15.8. The highest BCUT2D eigenvalue weighted by molar-refractivity contribution is 7.89. The molecule has 0 radical (unpaired) electrons. The van der Waals surface area contributed by atoms with Gasteiger partial charge < -0.3 is 5.32 Å². The lowest BCUT2D eigenvalue weighted by atomic mass is 9.97. The fraction of sp³-hybridized carbons (Fsp3) is 0.316. The molecule has 2 aromatic carbocycles. The molecule has 1 amide bonds. The van der Waals surface area contributed by atoms with Crippen LogP contribution in [0, 0.1) is 23.0 Å². The average molecular weight is 438 g/mol. The summed E-state index contributed by atoms with van der Waals surface area (Å²) in [7, 11) is -3.88. The maximum absolute atomic E-state index is 13.0. The second kappa shape index (κ2) is 8.48. The Morgan fingerprint density at radius 3 is 2.38 bits per heavy atom. The van der Waals surface area contributed by atoms with Crippen LogP contribution in [0.3, 0.4) is 0 Å². The summed E-state index contributed by atoms with van der Waals surface area (Å²) >= 11 is 5.83. The highest BCUT2D eigenvalue weighted by Gasteiger charge is 2.33. The summed E-state index contributed by atoms with van der Waals surface area (Å²) in [5.41, 5.74) is 0.797. The van der Waals surface area contributed by atoms with E-state index >= 15 is 0 Å². The van der Waals surface area contributed by atoms with Gasteiger partial charge in [0.25, 0.3) is 5.69 Å². The van der Waals surface area contributed by atoms with Crippen molar-refractivity contribution in [3.63, 3.8) is 0 Å². The standard InChI is InChI=1S/C19H20ClN3O5S/c1-13-2-7-17(23(25)26)12-18(13)29(27,28)22-10-8-14(9-11-22)19(24)21-16-5-3-15(20)4-6-16/h2-7,12,14H,8-11H2,1H3,(H,21,24). The van der Waals surface area contributed by atoms with E-state index < -0.39 is 14.9 Å². The number of benzene rings is 2. The highest BCUT2D eigenvalue weighted by Crippen LogP contribution is 2.29. The van der Waals surface area contributed by atoms with Crippen LogP contribution in [0.2, 0.25) is 5.02 Å². The first kappa shape index (κ1) is 21.2. The molecule has 1 N–H and O–H groups in total. The molecule has 10 heteroatoms. The van der Waals surface area contributed by atoms with Crippen molar-refractivity contribution in [1.82, 2.24) is 4.31 Å². The van der Waals surface area contributed by atoms with E-state index in [0.29, 0.717) is 29.1 Å². The van der Waals surface area contributed by atoms with Gasteiger partial charge in [0.15, 0.2) is 0 Å². The molecule has 0 unspecified atom stereocenters. The fourth-order valence-electron chi connectivity index (χ4n) is 3.26. The van der Waals surface area contributed by atoms with Gasteiger partial charge >= 0.3 is 0 Å². The first-order chi connectivity index (χ1) is 13.7. The Labute approximate surface area is 173 Å². The minimum absolute atomic E-state index is 0.0734. The molecule has 1 heterocycles. The molecule has 0 aliphatic carbocycles. The van der Waals surface area contributed by atoms with Gasteiger partial charge in [0.05, 0.1) is 9.82 Å². The van der Waals surface area contributed by atoms with Gasteiger partial charge in [-0.3, -0.25) is 14.9 Å². The van der Waals surface area contributed by atoms with E-state index in [0.717, 1.165) is 6.07 Å². The number of sulfonamides is 1. The number of nitrogens with one attached hydrogen (secondary N) is 1. The first-order valence-corrected chi connectivity index (χ1v) is 10.8. The molecule has 8 nitrogen and oxygen atoms in total. The number of hydrogen-bond donors (Lipinski definition) is 1. The molecule has 0 spiro atoms. The monoisotopic (exact) mass is 437 g/mol. The van der Waals surface area contributed by atoms with Crippen molar-refractivity contribution in [3.8, 4) is 0 Å². The molecule has 154 valence electrons. The number of hydrogen-bond acceptors (Lipinski definition) is 5. The summed E-state index contributed by atoms with van der Waals surface area (Å²) in [5.74, 6) is -0.487. The van der Waals surface area contributed by atoms with Gasteiger partial charge in [-0.25, -0.2) is 8.42 Å². The van der Waals surface area contributed by atoms with Crippen LogP contribution in [-0.2, 0) is 14.8 Å². The van der Waals surface area contributed by atoms with Crippen molar-refractivity contribution in [2.24, 2.45) is 5.92 Å². The molecule has 1 aliphatic heterocycles. The van der Waals surface area contributed by atoms with Gasteiger partial charge in [-0.05, 0) is 49.6 Å². The Bertz CT molecular complexity index is 1030. The maximum atomic E-state index is 13.0. The van der Waals surface area contributed by atoms with E-state index in [9.17, 15) is 23.3 Å². The Morgan fingerprint density at radius 2 is 1.79 bits per heavy atom. The molecule has 0 saturated carbocycles. The Morgan fingerprint density at radius 1 is 1.17 bits per heavy atom. The van der Waals surface area contributed by atoms with Crippen LogP contribution in [0.1, 0.15) is 18.4 Å².